The SMILES string of the molecule is Cc1ccn(-c2ccc(N3CCN(S(=O)(=O)c4cc(F)ccc4F)CC3)nn2)n1. The molecular formula is C18H18F2N6O2S. The fourth-order valence-corrected chi connectivity index (χ4v) is 4.62. The molecule has 0 radical (unpaired) electrons. The van der Waals surface area contributed by atoms with Crippen LogP contribution >= 0.6 is 0 Å². The Kier molecular flexibility index (Phi) is 5.01. The van der Waals surface area contributed by atoms with Crippen LogP contribution in [0.5, 0.6) is 0 Å². The van der Waals surface area contributed by atoms with Crippen molar-refractivity contribution in [1.82, 2.24) is 24.3 Å². The number of piperazine rings is 1. The molecule has 0 aliphatic carbocycles. The summed E-state index contributed by atoms with van der Waals surface area (Å²) >= 11 is 0. The lowest BCUT2D eigenvalue weighted by atomic mass is 10.3. The number of rotatable bonds is 4. The molecule has 0 unspecified atom stereocenters. The van der Waals surface area contributed by atoms with Crippen molar-refractivity contribution in [2.75, 3.05) is 31.1 Å². The minimum Gasteiger partial charge on any atom is -0.352 e. The molecule has 0 saturated carbocycles. The van der Waals surface area contributed by atoms with Gasteiger partial charge < -0.3 is 4.90 Å². The van der Waals surface area contributed by atoms with Crippen molar-refractivity contribution >= 4 is 15.8 Å². The third kappa shape index (κ3) is 3.83. The lowest BCUT2D eigenvalue weighted by molar-refractivity contribution is 0.380. The molecular weight excluding hydrogens is 402 g/mol. The summed E-state index contributed by atoms with van der Waals surface area (Å²) in [6, 6.07) is 7.83. The van der Waals surface area contributed by atoms with Gasteiger partial charge in [-0.05, 0) is 43.3 Å². The number of nitrogens with zero attached hydrogens (tertiary/aromatic N) is 6. The van der Waals surface area contributed by atoms with Crippen molar-refractivity contribution in [2.45, 2.75) is 11.8 Å². The molecule has 3 heterocycles. The van der Waals surface area contributed by atoms with Crippen molar-refractivity contribution in [3.63, 3.8) is 0 Å². The number of hydrogen-bond acceptors (Lipinski definition) is 6. The third-order valence-electron chi connectivity index (χ3n) is 4.67. The number of halogens is 2. The van der Waals surface area contributed by atoms with Gasteiger partial charge in [0.1, 0.15) is 16.5 Å². The molecule has 0 bridgehead atoms. The molecule has 8 nitrogen and oxygen atoms in total. The van der Waals surface area contributed by atoms with E-state index < -0.39 is 26.6 Å². The van der Waals surface area contributed by atoms with E-state index in [4.69, 9.17) is 0 Å². The van der Waals surface area contributed by atoms with Gasteiger partial charge in [-0.25, -0.2) is 21.9 Å². The number of aromatic nitrogens is 4. The number of sulfonamides is 1. The first-order valence-corrected chi connectivity index (χ1v) is 10.3. The minimum atomic E-state index is -4.12. The first-order chi connectivity index (χ1) is 13.8. The third-order valence-corrected chi connectivity index (χ3v) is 6.58. The highest BCUT2D eigenvalue weighted by atomic mass is 32.2. The van der Waals surface area contributed by atoms with E-state index in [0.29, 0.717) is 30.8 Å². The van der Waals surface area contributed by atoms with Crippen LogP contribution in [-0.2, 0) is 10.0 Å². The second kappa shape index (κ2) is 7.48. The largest absolute Gasteiger partial charge is 0.352 e. The average Bonchev–Trinajstić information content (AvgIpc) is 3.16. The number of anilines is 1. The maximum atomic E-state index is 13.9. The summed E-state index contributed by atoms with van der Waals surface area (Å²) in [5, 5.41) is 12.6. The number of hydrogen-bond donors (Lipinski definition) is 0. The van der Waals surface area contributed by atoms with E-state index in [-0.39, 0.29) is 13.1 Å². The van der Waals surface area contributed by atoms with E-state index in [1.807, 2.05) is 17.9 Å². The van der Waals surface area contributed by atoms with E-state index in [0.717, 1.165) is 22.1 Å². The fraction of sp³-hybridized carbons (Fsp3) is 0.278. The van der Waals surface area contributed by atoms with Crippen LogP contribution in [0.25, 0.3) is 5.82 Å². The van der Waals surface area contributed by atoms with Crippen LogP contribution < -0.4 is 4.90 Å². The maximum absolute atomic E-state index is 13.9. The fourth-order valence-electron chi connectivity index (χ4n) is 3.12. The van der Waals surface area contributed by atoms with Crippen LogP contribution in [-0.4, -0.2) is 58.9 Å². The highest BCUT2D eigenvalue weighted by Crippen LogP contribution is 2.23. The molecule has 1 aliphatic rings. The van der Waals surface area contributed by atoms with Gasteiger partial charge in [0.2, 0.25) is 10.0 Å². The van der Waals surface area contributed by atoms with Crippen LogP contribution in [0.2, 0.25) is 0 Å². The molecule has 152 valence electrons. The normalized spacial score (nSPS) is 15.6. The zero-order valence-corrected chi connectivity index (χ0v) is 16.4. The molecule has 29 heavy (non-hydrogen) atoms. The van der Waals surface area contributed by atoms with Crippen LogP contribution in [0.3, 0.4) is 0 Å². The molecule has 0 N–H and O–H groups in total. The molecule has 11 heteroatoms. The van der Waals surface area contributed by atoms with Crippen LogP contribution in [0.4, 0.5) is 14.6 Å². The van der Waals surface area contributed by atoms with Gasteiger partial charge in [-0.2, -0.15) is 9.40 Å². The average molecular weight is 420 g/mol. The summed E-state index contributed by atoms with van der Waals surface area (Å²) in [5.41, 5.74) is 0.864. The number of benzene rings is 1. The summed E-state index contributed by atoms with van der Waals surface area (Å²) in [7, 11) is -4.12. The van der Waals surface area contributed by atoms with Crippen molar-refractivity contribution in [3.8, 4) is 5.82 Å². The van der Waals surface area contributed by atoms with Crippen LogP contribution in [0.15, 0.2) is 47.5 Å². The van der Waals surface area contributed by atoms with E-state index in [9.17, 15) is 17.2 Å². The first kappa shape index (κ1) is 19.4. The van der Waals surface area contributed by atoms with Gasteiger partial charge >= 0.3 is 0 Å². The molecule has 1 fully saturated rings. The Bertz CT molecular complexity index is 1130. The summed E-state index contributed by atoms with van der Waals surface area (Å²) < 4.78 is 55.4. The highest BCUT2D eigenvalue weighted by molar-refractivity contribution is 7.89. The summed E-state index contributed by atoms with van der Waals surface area (Å²) in [6.45, 7) is 2.83. The van der Waals surface area contributed by atoms with Crippen LogP contribution in [0.1, 0.15) is 5.69 Å². The number of aryl methyl sites for hydroxylation is 1. The maximum Gasteiger partial charge on any atom is 0.246 e. The Morgan fingerprint density at radius 2 is 1.62 bits per heavy atom. The predicted octanol–water partition coefficient (Wildman–Crippen LogP) is 1.76. The molecule has 3 aromatic rings. The van der Waals surface area contributed by atoms with Crippen molar-refractivity contribution in [1.29, 1.82) is 0 Å². The predicted molar refractivity (Wildman–Crippen MR) is 101 cm³/mol. The monoisotopic (exact) mass is 420 g/mol. The zero-order valence-electron chi connectivity index (χ0n) is 15.5. The Hall–Kier alpha value is -2.92. The van der Waals surface area contributed by atoms with Gasteiger partial charge in [0.15, 0.2) is 11.6 Å². The van der Waals surface area contributed by atoms with E-state index in [2.05, 4.69) is 15.3 Å². The molecule has 4 rings (SSSR count). The van der Waals surface area contributed by atoms with Crippen molar-refractivity contribution < 1.29 is 17.2 Å². The molecule has 1 aromatic carbocycles. The molecule has 1 aliphatic heterocycles. The summed E-state index contributed by atoms with van der Waals surface area (Å²) in [4.78, 5) is 1.24. The standard InChI is InChI=1S/C18H18F2N6O2S/c1-13-6-7-26(23-13)18-5-4-17(21-22-18)24-8-10-25(11-9-24)29(27,28)16-12-14(19)2-3-15(16)20/h2-7,12H,8-11H2,1H3. The minimum absolute atomic E-state index is 0.125. The van der Waals surface area contributed by atoms with Crippen molar-refractivity contribution in [3.05, 3.63) is 59.9 Å². The molecule has 0 spiro atoms. The van der Waals surface area contributed by atoms with E-state index >= 15 is 0 Å². The Morgan fingerprint density at radius 3 is 2.24 bits per heavy atom. The van der Waals surface area contributed by atoms with E-state index in [1.54, 1.807) is 23.0 Å². The second-order valence-electron chi connectivity index (χ2n) is 6.62. The zero-order chi connectivity index (χ0) is 20.6. The summed E-state index contributed by atoms with van der Waals surface area (Å²) in [5.74, 6) is -0.591. The quantitative estimate of drug-likeness (QED) is 0.640. The first-order valence-electron chi connectivity index (χ1n) is 8.91. The molecule has 0 amide bonds. The molecule has 1 saturated heterocycles. The smallest absolute Gasteiger partial charge is 0.246 e. The van der Waals surface area contributed by atoms with Crippen molar-refractivity contribution in [2.24, 2.45) is 0 Å². The van der Waals surface area contributed by atoms with E-state index in [1.165, 1.54) is 0 Å². The lowest BCUT2D eigenvalue weighted by Crippen LogP contribution is -2.49. The second-order valence-corrected chi connectivity index (χ2v) is 8.52. The summed E-state index contributed by atoms with van der Waals surface area (Å²) in [6.07, 6.45) is 1.79. The lowest BCUT2D eigenvalue weighted by Gasteiger charge is -2.34. The van der Waals surface area contributed by atoms with Gasteiger partial charge in [-0.15, -0.1) is 10.2 Å². The Morgan fingerprint density at radius 1 is 0.931 bits per heavy atom. The van der Waals surface area contributed by atoms with Gasteiger partial charge in [0, 0.05) is 32.4 Å². The van der Waals surface area contributed by atoms with Crippen LogP contribution in [0, 0.1) is 18.6 Å². The molecule has 2 aromatic heterocycles. The van der Waals surface area contributed by atoms with Gasteiger partial charge in [0.05, 0.1) is 5.69 Å². The highest BCUT2D eigenvalue weighted by Gasteiger charge is 2.31. The van der Waals surface area contributed by atoms with Gasteiger partial charge in [-0.3, -0.25) is 0 Å². The van der Waals surface area contributed by atoms with Gasteiger partial charge in [-0.1, -0.05) is 0 Å². The Labute approximate surface area is 166 Å². The van der Waals surface area contributed by atoms with Gasteiger partial charge in [0.25, 0.3) is 0 Å². The topological polar surface area (TPSA) is 84.2 Å². The molecule has 0 atom stereocenters. The Balaban J connectivity index is 1.46.